The zero-order valence-corrected chi connectivity index (χ0v) is 8.68. The Morgan fingerprint density at radius 3 is 2.93 bits per heavy atom. The summed E-state index contributed by atoms with van der Waals surface area (Å²) in [6, 6.07) is 0.122. The molecule has 0 saturated carbocycles. The van der Waals surface area contributed by atoms with Crippen molar-refractivity contribution < 1.29 is 9.13 Å². The highest BCUT2D eigenvalue weighted by molar-refractivity contribution is 4.82. The Kier molecular flexibility index (Phi) is 3.76. The third-order valence-electron chi connectivity index (χ3n) is 3.32. The first-order valence-electron chi connectivity index (χ1n) is 5.85. The van der Waals surface area contributed by atoms with E-state index < -0.39 is 6.17 Å². The standard InChI is InChI=1S/C11H20FNO/c12-10(11-4-1-7-13-11)6-5-9-3-2-8-14-9/h9-11,13H,1-8H2. The summed E-state index contributed by atoms with van der Waals surface area (Å²) in [5.74, 6) is 0. The van der Waals surface area contributed by atoms with Crippen LogP contribution < -0.4 is 5.32 Å². The molecule has 82 valence electrons. The molecule has 2 nitrogen and oxygen atoms in total. The number of hydrogen-bond donors (Lipinski definition) is 1. The van der Waals surface area contributed by atoms with E-state index in [1.165, 1.54) is 0 Å². The summed E-state index contributed by atoms with van der Waals surface area (Å²) in [6.45, 7) is 1.87. The van der Waals surface area contributed by atoms with E-state index in [1.54, 1.807) is 0 Å². The molecular weight excluding hydrogens is 181 g/mol. The minimum absolute atomic E-state index is 0.122. The minimum Gasteiger partial charge on any atom is -0.378 e. The van der Waals surface area contributed by atoms with Crippen LogP contribution in [0.2, 0.25) is 0 Å². The molecule has 0 aromatic heterocycles. The molecule has 1 N–H and O–H groups in total. The van der Waals surface area contributed by atoms with E-state index in [2.05, 4.69) is 5.32 Å². The maximum Gasteiger partial charge on any atom is 0.115 e. The smallest absolute Gasteiger partial charge is 0.115 e. The topological polar surface area (TPSA) is 21.3 Å². The Labute approximate surface area is 85.2 Å². The van der Waals surface area contributed by atoms with Crippen molar-refractivity contribution in [3.8, 4) is 0 Å². The van der Waals surface area contributed by atoms with Gasteiger partial charge in [0.05, 0.1) is 6.10 Å². The first kappa shape index (κ1) is 10.4. The van der Waals surface area contributed by atoms with Gasteiger partial charge in [-0.2, -0.15) is 0 Å². The summed E-state index contributed by atoms with van der Waals surface area (Å²) >= 11 is 0. The fourth-order valence-electron chi connectivity index (χ4n) is 2.44. The highest BCUT2D eigenvalue weighted by Crippen LogP contribution is 2.21. The lowest BCUT2D eigenvalue weighted by molar-refractivity contribution is 0.0919. The van der Waals surface area contributed by atoms with Crippen LogP contribution in [-0.4, -0.2) is 31.5 Å². The van der Waals surface area contributed by atoms with Crippen LogP contribution in [0.5, 0.6) is 0 Å². The van der Waals surface area contributed by atoms with Crippen molar-refractivity contribution in [3.05, 3.63) is 0 Å². The number of alkyl halides is 1. The Bertz CT molecular complexity index is 165. The molecule has 3 heteroatoms. The molecule has 0 aromatic carbocycles. The van der Waals surface area contributed by atoms with Crippen molar-refractivity contribution in [3.63, 3.8) is 0 Å². The van der Waals surface area contributed by atoms with Crippen molar-refractivity contribution >= 4 is 0 Å². The zero-order chi connectivity index (χ0) is 9.80. The van der Waals surface area contributed by atoms with Crippen LogP contribution in [-0.2, 0) is 4.74 Å². The fraction of sp³-hybridized carbons (Fsp3) is 1.00. The first-order chi connectivity index (χ1) is 6.86. The first-order valence-corrected chi connectivity index (χ1v) is 5.85. The maximum atomic E-state index is 13.6. The molecule has 3 unspecified atom stereocenters. The molecule has 0 aliphatic carbocycles. The SMILES string of the molecule is FC(CCC1CCCO1)C1CCCN1. The van der Waals surface area contributed by atoms with Gasteiger partial charge in [0.2, 0.25) is 0 Å². The van der Waals surface area contributed by atoms with E-state index in [9.17, 15) is 4.39 Å². The molecule has 0 amide bonds. The molecule has 0 radical (unpaired) electrons. The lowest BCUT2D eigenvalue weighted by Gasteiger charge is -2.17. The zero-order valence-electron chi connectivity index (χ0n) is 8.68. The number of rotatable bonds is 4. The summed E-state index contributed by atoms with van der Waals surface area (Å²) in [5, 5.41) is 3.22. The lowest BCUT2D eigenvalue weighted by atomic mass is 10.0. The van der Waals surface area contributed by atoms with Gasteiger partial charge in [-0.1, -0.05) is 0 Å². The second-order valence-electron chi connectivity index (χ2n) is 4.43. The quantitative estimate of drug-likeness (QED) is 0.751. The highest BCUT2D eigenvalue weighted by Gasteiger charge is 2.25. The summed E-state index contributed by atoms with van der Waals surface area (Å²) in [4.78, 5) is 0. The number of nitrogens with one attached hydrogen (secondary N) is 1. The molecule has 2 aliphatic rings. The molecule has 0 bridgehead atoms. The third-order valence-corrected chi connectivity index (χ3v) is 3.32. The monoisotopic (exact) mass is 201 g/mol. The molecule has 14 heavy (non-hydrogen) atoms. The summed E-state index contributed by atoms with van der Waals surface area (Å²) in [5.41, 5.74) is 0. The molecule has 2 aliphatic heterocycles. The number of halogens is 1. The van der Waals surface area contributed by atoms with Crippen LogP contribution in [0.3, 0.4) is 0 Å². The summed E-state index contributed by atoms with van der Waals surface area (Å²) in [7, 11) is 0. The van der Waals surface area contributed by atoms with E-state index in [-0.39, 0.29) is 6.04 Å². The van der Waals surface area contributed by atoms with Gasteiger partial charge >= 0.3 is 0 Å². The van der Waals surface area contributed by atoms with Gasteiger partial charge in [-0.05, 0) is 45.1 Å². The van der Waals surface area contributed by atoms with Gasteiger partial charge in [-0.15, -0.1) is 0 Å². The molecule has 2 saturated heterocycles. The Hall–Kier alpha value is -0.150. The Balaban J connectivity index is 1.63. The number of hydrogen-bond acceptors (Lipinski definition) is 2. The van der Waals surface area contributed by atoms with Gasteiger partial charge in [-0.25, -0.2) is 4.39 Å². The largest absolute Gasteiger partial charge is 0.378 e. The average Bonchev–Trinajstić information content (AvgIpc) is 2.87. The molecule has 2 fully saturated rings. The predicted octanol–water partition coefficient (Wildman–Crippen LogP) is 2.04. The normalized spacial score (nSPS) is 34.9. The van der Waals surface area contributed by atoms with Crippen LogP contribution in [0, 0.1) is 0 Å². The summed E-state index contributed by atoms with van der Waals surface area (Å²) in [6.07, 6.45) is 5.67. The lowest BCUT2D eigenvalue weighted by Crippen LogP contribution is -2.32. The van der Waals surface area contributed by atoms with Crippen LogP contribution in [0.4, 0.5) is 4.39 Å². The van der Waals surface area contributed by atoms with Gasteiger partial charge in [-0.3, -0.25) is 0 Å². The Morgan fingerprint density at radius 2 is 2.29 bits per heavy atom. The van der Waals surface area contributed by atoms with E-state index in [4.69, 9.17) is 4.74 Å². The maximum absolute atomic E-state index is 13.6. The highest BCUT2D eigenvalue weighted by atomic mass is 19.1. The summed E-state index contributed by atoms with van der Waals surface area (Å²) < 4.78 is 19.1. The van der Waals surface area contributed by atoms with Crippen LogP contribution in [0.1, 0.15) is 38.5 Å². The second-order valence-corrected chi connectivity index (χ2v) is 4.43. The van der Waals surface area contributed by atoms with Crippen LogP contribution >= 0.6 is 0 Å². The van der Waals surface area contributed by atoms with Crippen molar-refractivity contribution in [1.82, 2.24) is 5.32 Å². The third kappa shape index (κ3) is 2.67. The van der Waals surface area contributed by atoms with Crippen molar-refractivity contribution in [2.75, 3.05) is 13.2 Å². The van der Waals surface area contributed by atoms with Gasteiger partial charge in [0.1, 0.15) is 6.17 Å². The minimum atomic E-state index is -0.665. The molecular formula is C11H20FNO. The molecule has 3 atom stereocenters. The molecule has 2 heterocycles. The van der Waals surface area contributed by atoms with Crippen LogP contribution in [0.15, 0.2) is 0 Å². The van der Waals surface area contributed by atoms with E-state index in [1.807, 2.05) is 0 Å². The Morgan fingerprint density at radius 1 is 1.36 bits per heavy atom. The second kappa shape index (κ2) is 5.08. The van der Waals surface area contributed by atoms with Gasteiger partial charge in [0, 0.05) is 12.6 Å². The van der Waals surface area contributed by atoms with E-state index in [0.717, 1.165) is 45.3 Å². The molecule has 0 aromatic rings. The molecule has 0 spiro atoms. The van der Waals surface area contributed by atoms with Crippen LogP contribution in [0.25, 0.3) is 0 Å². The van der Waals surface area contributed by atoms with Gasteiger partial charge in [0.25, 0.3) is 0 Å². The van der Waals surface area contributed by atoms with Crippen molar-refractivity contribution in [1.29, 1.82) is 0 Å². The van der Waals surface area contributed by atoms with Crippen molar-refractivity contribution in [2.24, 2.45) is 0 Å². The predicted molar refractivity (Wildman–Crippen MR) is 54.1 cm³/mol. The molecule has 2 rings (SSSR count). The van der Waals surface area contributed by atoms with E-state index in [0.29, 0.717) is 12.5 Å². The van der Waals surface area contributed by atoms with E-state index >= 15 is 0 Å². The fourth-order valence-corrected chi connectivity index (χ4v) is 2.44. The van der Waals surface area contributed by atoms with Crippen molar-refractivity contribution in [2.45, 2.75) is 56.8 Å². The van der Waals surface area contributed by atoms with Gasteiger partial charge < -0.3 is 10.1 Å². The van der Waals surface area contributed by atoms with Gasteiger partial charge in [0.15, 0.2) is 0 Å². The number of ether oxygens (including phenoxy) is 1. The average molecular weight is 201 g/mol.